The molecule has 0 radical (unpaired) electrons. The zero-order chi connectivity index (χ0) is 15.9. The Balaban J connectivity index is 2.15. The highest BCUT2D eigenvalue weighted by Crippen LogP contribution is 2.31. The first kappa shape index (κ1) is 16.1. The first-order valence-corrected chi connectivity index (χ1v) is 8.17. The number of aromatic amines is 1. The summed E-state index contributed by atoms with van der Waals surface area (Å²) in [6.45, 7) is 4.18. The maximum absolute atomic E-state index is 12.2. The second-order valence-corrected chi connectivity index (χ2v) is 6.23. The Bertz CT molecular complexity index is 639. The number of anilines is 1. The molecule has 0 fully saturated rings. The maximum atomic E-state index is 12.2. The lowest BCUT2D eigenvalue weighted by atomic mass is 10.0. The number of rotatable bonds is 7. The Morgan fingerprint density at radius 2 is 2.27 bits per heavy atom. The van der Waals surface area contributed by atoms with Crippen LogP contribution in [-0.4, -0.2) is 23.5 Å². The number of nitrogens with one attached hydrogen (secondary N) is 3. The van der Waals surface area contributed by atoms with Crippen LogP contribution in [0.2, 0.25) is 0 Å². The van der Waals surface area contributed by atoms with E-state index in [9.17, 15) is 4.79 Å². The van der Waals surface area contributed by atoms with Crippen LogP contribution in [0.15, 0.2) is 29.1 Å². The third-order valence-electron chi connectivity index (χ3n) is 3.25. The van der Waals surface area contributed by atoms with Crippen molar-refractivity contribution in [3.63, 3.8) is 0 Å². The van der Waals surface area contributed by atoms with Crippen molar-refractivity contribution in [2.75, 3.05) is 11.9 Å². The summed E-state index contributed by atoms with van der Waals surface area (Å²) in [6.07, 6.45) is 2.58. The van der Waals surface area contributed by atoms with Crippen molar-refractivity contribution in [2.45, 2.75) is 26.3 Å². The van der Waals surface area contributed by atoms with Gasteiger partial charge in [0.05, 0.1) is 11.8 Å². The SMILES string of the molecule is CC(C)C[C@H](Nc1cscc1-c1ccc[nH]1)C(=O)NCC#N. The van der Waals surface area contributed by atoms with Gasteiger partial charge in [0, 0.05) is 28.2 Å². The molecule has 0 unspecified atom stereocenters. The molecule has 2 heterocycles. The summed E-state index contributed by atoms with van der Waals surface area (Å²) in [5.41, 5.74) is 3.01. The average molecular weight is 316 g/mol. The highest BCUT2D eigenvalue weighted by molar-refractivity contribution is 7.08. The van der Waals surface area contributed by atoms with Gasteiger partial charge in [-0.2, -0.15) is 5.26 Å². The number of thiophene rings is 1. The number of carbonyl (C=O) groups excluding carboxylic acids is 1. The Kier molecular flexibility index (Phi) is 5.61. The first-order valence-electron chi connectivity index (χ1n) is 7.23. The van der Waals surface area contributed by atoms with Gasteiger partial charge in [0.2, 0.25) is 5.91 Å². The van der Waals surface area contributed by atoms with Gasteiger partial charge in [0.1, 0.15) is 12.6 Å². The number of hydrogen-bond acceptors (Lipinski definition) is 4. The fourth-order valence-electron chi connectivity index (χ4n) is 2.26. The highest BCUT2D eigenvalue weighted by atomic mass is 32.1. The number of hydrogen-bond donors (Lipinski definition) is 3. The molecule has 0 spiro atoms. The van der Waals surface area contributed by atoms with Gasteiger partial charge in [0.25, 0.3) is 0 Å². The Morgan fingerprint density at radius 1 is 1.45 bits per heavy atom. The van der Waals surface area contributed by atoms with E-state index in [0.717, 1.165) is 16.9 Å². The van der Waals surface area contributed by atoms with Gasteiger partial charge in [-0.05, 0) is 24.5 Å². The molecule has 22 heavy (non-hydrogen) atoms. The van der Waals surface area contributed by atoms with Crippen LogP contribution in [0.3, 0.4) is 0 Å². The minimum atomic E-state index is -0.350. The Labute approximate surface area is 134 Å². The smallest absolute Gasteiger partial charge is 0.243 e. The molecule has 0 saturated heterocycles. The van der Waals surface area contributed by atoms with Crippen LogP contribution in [0, 0.1) is 17.2 Å². The summed E-state index contributed by atoms with van der Waals surface area (Å²) >= 11 is 1.59. The molecule has 6 heteroatoms. The zero-order valence-electron chi connectivity index (χ0n) is 12.7. The Hall–Kier alpha value is -2.26. The van der Waals surface area contributed by atoms with Crippen LogP contribution in [0.25, 0.3) is 11.3 Å². The Morgan fingerprint density at radius 3 is 2.91 bits per heavy atom. The number of aromatic nitrogens is 1. The van der Waals surface area contributed by atoms with Crippen molar-refractivity contribution in [3.8, 4) is 17.3 Å². The summed E-state index contributed by atoms with van der Waals surface area (Å²) in [6, 6.07) is 5.53. The maximum Gasteiger partial charge on any atom is 0.243 e. The van der Waals surface area contributed by atoms with Crippen molar-refractivity contribution in [2.24, 2.45) is 5.92 Å². The van der Waals surface area contributed by atoms with Crippen LogP contribution in [0.4, 0.5) is 5.69 Å². The second-order valence-electron chi connectivity index (χ2n) is 5.49. The number of carbonyl (C=O) groups is 1. The molecule has 2 rings (SSSR count). The van der Waals surface area contributed by atoms with Gasteiger partial charge in [-0.25, -0.2) is 0 Å². The van der Waals surface area contributed by atoms with E-state index >= 15 is 0 Å². The molecular weight excluding hydrogens is 296 g/mol. The lowest BCUT2D eigenvalue weighted by Crippen LogP contribution is -2.40. The zero-order valence-corrected chi connectivity index (χ0v) is 13.5. The number of H-pyrrole nitrogens is 1. The quantitative estimate of drug-likeness (QED) is 0.686. The van der Waals surface area contributed by atoms with Crippen molar-refractivity contribution in [1.29, 1.82) is 5.26 Å². The molecule has 3 N–H and O–H groups in total. The van der Waals surface area contributed by atoms with Crippen LogP contribution >= 0.6 is 11.3 Å². The third-order valence-corrected chi connectivity index (χ3v) is 3.99. The van der Waals surface area contributed by atoms with Gasteiger partial charge in [-0.1, -0.05) is 13.8 Å². The van der Waals surface area contributed by atoms with E-state index in [2.05, 4.69) is 29.5 Å². The van der Waals surface area contributed by atoms with Crippen molar-refractivity contribution in [3.05, 3.63) is 29.1 Å². The van der Waals surface area contributed by atoms with Crippen LogP contribution in [0.5, 0.6) is 0 Å². The fraction of sp³-hybridized carbons (Fsp3) is 0.375. The minimum Gasteiger partial charge on any atom is -0.372 e. The molecule has 0 aliphatic carbocycles. The lowest BCUT2D eigenvalue weighted by molar-refractivity contribution is -0.121. The lowest BCUT2D eigenvalue weighted by Gasteiger charge is -2.20. The molecule has 2 aromatic rings. The molecule has 1 amide bonds. The average Bonchev–Trinajstić information content (AvgIpc) is 3.13. The third kappa shape index (κ3) is 4.12. The molecule has 2 aromatic heterocycles. The topological polar surface area (TPSA) is 80.7 Å². The predicted octanol–water partition coefficient (Wildman–Crippen LogP) is 3.21. The van der Waals surface area contributed by atoms with E-state index in [1.54, 1.807) is 11.3 Å². The van der Waals surface area contributed by atoms with E-state index in [1.165, 1.54) is 0 Å². The van der Waals surface area contributed by atoms with Crippen molar-refractivity contribution >= 4 is 22.9 Å². The standard InChI is InChI=1S/C16H20N4OS/c1-11(2)8-14(16(21)19-7-5-17)20-15-10-22-9-12(15)13-4-3-6-18-13/h3-4,6,9-11,14,18,20H,7-8H2,1-2H3,(H,19,21)/t14-/m0/s1. The minimum absolute atomic E-state index is 0.0300. The first-order chi connectivity index (χ1) is 10.6. The van der Waals surface area contributed by atoms with Gasteiger partial charge in [0.15, 0.2) is 0 Å². The number of amides is 1. The molecule has 0 aliphatic heterocycles. The molecule has 0 aliphatic rings. The molecular formula is C16H20N4OS. The summed E-state index contributed by atoms with van der Waals surface area (Å²) in [5.74, 6) is 0.233. The molecule has 5 nitrogen and oxygen atoms in total. The molecule has 116 valence electrons. The van der Waals surface area contributed by atoms with Gasteiger partial charge >= 0.3 is 0 Å². The van der Waals surface area contributed by atoms with Crippen molar-refractivity contribution < 1.29 is 4.79 Å². The van der Waals surface area contributed by atoms with Crippen LogP contribution in [-0.2, 0) is 4.79 Å². The molecule has 1 atom stereocenters. The second kappa shape index (κ2) is 7.66. The number of nitrogens with zero attached hydrogens (tertiary/aromatic N) is 1. The normalized spacial score (nSPS) is 11.9. The van der Waals surface area contributed by atoms with E-state index in [-0.39, 0.29) is 18.5 Å². The summed E-state index contributed by atoms with van der Waals surface area (Å²) in [5, 5.41) is 18.6. The van der Waals surface area contributed by atoms with E-state index in [4.69, 9.17) is 5.26 Å². The monoisotopic (exact) mass is 316 g/mol. The van der Waals surface area contributed by atoms with Crippen LogP contribution in [0.1, 0.15) is 20.3 Å². The van der Waals surface area contributed by atoms with E-state index in [0.29, 0.717) is 12.3 Å². The molecule has 0 saturated carbocycles. The van der Waals surface area contributed by atoms with Gasteiger partial charge < -0.3 is 15.6 Å². The van der Waals surface area contributed by atoms with E-state index in [1.807, 2.05) is 35.2 Å². The van der Waals surface area contributed by atoms with Gasteiger partial charge in [-0.3, -0.25) is 4.79 Å². The molecule has 0 aromatic carbocycles. The molecule has 0 bridgehead atoms. The number of nitriles is 1. The van der Waals surface area contributed by atoms with Crippen LogP contribution < -0.4 is 10.6 Å². The van der Waals surface area contributed by atoms with Crippen molar-refractivity contribution in [1.82, 2.24) is 10.3 Å². The fourth-order valence-corrected chi connectivity index (χ4v) is 3.04. The summed E-state index contributed by atoms with van der Waals surface area (Å²) in [4.78, 5) is 15.4. The van der Waals surface area contributed by atoms with E-state index < -0.39 is 0 Å². The largest absolute Gasteiger partial charge is 0.372 e. The predicted molar refractivity (Wildman–Crippen MR) is 89.6 cm³/mol. The summed E-state index contributed by atoms with van der Waals surface area (Å²) in [7, 11) is 0. The highest BCUT2D eigenvalue weighted by Gasteiger charge is 2.21. The summed E-state index contributed by atoms with van der Waals surface area (Å²) < 4.78 is 0. The van der Waals surface area contributed by atoms with Gasteiger partial charge in [-0.15, -0.1) is 11.3 Å².